The van der Waals surface area contributed by atoms with Gasteiger partial charge in [-0.25, -0.2) is 12.1 Å². The van der Waals surface area contributed by atoms with Crippen molar-refractivity contribution >= 4 is 8.19 Å². The molecule has 0 saturated carbocycles. The summed E-state index contributed by atoms with van der Waals surface area (Å²) in [5.41, 5.74) is 2.61. The molecule has 1 aromatic heterocycles. The van der Waals surface area contributed by atoms with E-state index in [1.54, 1.807) is 0 Å². The van der Waals surface area contributed by atoms with Crippen LogP contribution in [-0.4, -0.2) is 5.11 Å². The summed E-state index contributed by atoms with van der Waals surface area (Å²) in [7, 11) is 0.708. The molecule has 1 radical (unpaired) electrons. The topological polar surface area (TPSA) is 20.2 Å². The molecule has 3 heteroatoms. The van der Waals surface area contributed by atoms with Gasteiger partial charge in [0, 0.05) is 0 Å². The van der Waals surface area contributed by atoms with Crippen molar-refractivity contribution in [1.29, 1.82) is 0 Å². The molecule has 0 saturated heterocycles. The van der Waals surface area contributed by atoms with Crippen LogP contribution in [-0.2, 0) is 17.1 Å². The van der Waals surface area contributed by atoms with Gasteiger partial charge in [0.15, 0.2) is 0 Å². The molecule has 1 unspecified atom stereocenters. The predicted molar refractivity (Wildman–Crippen MR) is 80.9 cm³/mol. The van der Waals surface area contributed by atoms with Gasteiger partial charge in [0.25, 0.3) is 0 Å². The van der Waals surface area contributed by atoms with E-state index in [9.17, 15) is 5.11 Å². The van der Waals surface area contributed by atoms with E-state index in [2.05, 4.69) is 19.6 Å². The van der Waals surface area contributed by atoms with Crippen molar-refractivity contribution in [2.45, 2.75) is 26.9 Å². The molecular formula is C15H24FeOP. The standard InChI is InChI=1S/C8H13OP.C5H5.2CH3.Fe/c1-5-4-10-8(6(5)2)7(3)9;1-2-4-5-3-1;;;/h4,7,9-10H,1-3H3;1-5H;2*1H3;/q;3*-1;+3/t7-;;;;/m1..../s1. The summed E-state index contributed by atoms with van der Waals surface area (Å²) >= 11 is 0. The predicted octanol–water partition coefficient (Wildman–Crippen LogP) is 4.69. The Morgan fingerprint density at radius 1 is 1.17 bits per heavy atom. The fourth-order valence-corrected chi connectivity index (χ4v) is 2.61. The molecule has 1 nitrogen and oxygen atoms in total. The third kappa shape index (κ3) is 7.13. The van der Waals surface area contributed by atoms with E-state index in [0.717, 1.165) is 0 Å². The minimum absolute atomic E-state index is 0. The van der Waals surface area contributed by atoms with Crippen molar-refractivity contribution in [2.24, 2.45) is 0 Å². The van der Waals surface area contributed by atoms with Crippen molar-refractivity contribution in [1.82, 2.24) is 0 Å². The van der Waals surface area contributed by atoms with Crippen LogP contribution < -0.4 is 0 Å². The fraction of sp³-hybridized carbons (Fsp3) is 0.267. The molecule has 1 heterocycles. The zero-order chi connectivity index (χ0) is 11.3. The maximum atomic E-state index is 9.26. The van der Waals surface area contributed by atoms with Gasteiger partial charge in [0.05, 0.1) is 6.10 Å². The van der Waals surface area contributed by atoms with Crippen LogP contribution in [0, 0.1) is 28.7 Å². The molecule has 103 valence electrons. The monoisotopic (exact) mass is 307 g/mol. The van der Waals surface area contributed by atoms with E-state index >= 15 is 0 Å². The van der Waals surface area contributed by atoms with Gasteiger partial charge < -0.3 is 20.0 Å². The smallest absolute Gasteiger partial charge is 0.388 e. The molecule has 0 bridgehead atoms. The van der Waals surface area contributed by atoms with E-state index < -0.39 is 0 Å². The minimum Gasteiger partial charge on any atom is -0.388 e. The molecule has 0 spiro atoms. The second kappa shape index (κ2) is 11.7. The van der Waals surface area contributed by atoms with Crippen LogP contribution in [0.25, 0.3) is 0 Å². The van der Waals surface area contributed by atoms with Gasteiger partial charge in [-0.05, 0) is 43.0 Å². The largest absolute Gasteiger partial charge is 3.00 e. The molecule has 0 aliphatic heterocycles. The Morgan fingerprint density at radius 2 is 1.67 bits per heavy atom. The van der Waals surface area contributed by atoms with Crippen LogP contribution in [0.4, 0.5) is 0 Å². The van der Waals surface area contributed by atoms with E-state index in [1.165, 1.54) is 16.4 Å². The Hall–Kier alpha value is -0.391. The minimum atomic E-state index is -0.257. The van der Waals surface area contributed by atoms with Gasteiger partial charge in [0.1, 0.15) is 0 Å². The second-order valence-corrected chi connectivity index (χ2v) is 4.76. The summed E-state index contributed by atoms with van der Waals surface area (Å²) in [6, 6.07) is 10.0. The van der Waals surface area contributed by atoms with Crippen LogP contribution in [0.2, 0.25) is 0 Å². The molecule has 0 fully saturated rings. The van der Waals surface area contributed by atoms with Gasteiger partial charge in [-0.1, -0.05) is 0 Å². The van der Waals surface area contributed by atoms with Crippen LogP contribution in [0.3, 0.4) is 0 Å². The molecule has 2 atom stereocenters. The molecule has 0 aliphatic carbocycles. The Labute approximate surface area is 125 Å². The first-order valence-corrected chi connectivity index (χ1v) is 6.20. The summed E-state index contributed by atoms with van der Waals surface area (Å²) in [5.74, 6) is 2.19. The molecule has 1 N–H and O–H groups in total. The molecule has 0 amide bonds. The Kier molecular flexibility index (Phi) is 14.8. The van der Waals surface area contributed by atoms with Crippen LogP contribution in [0.1, 0.15) is 29.4 Å². The normalized spacial score (nSPS) is 10.2. The van der Waals surface area contributed by atoms with Crippen LogP contribution in [0.5, 0.6) is 0 Å². The number of hydrogen-bond donors (Lipinski definition) is 1. The van der Waals surface area contributed by atoms with Gasteiger partial charge in [-0.15, -0.1) is 8.19 Å². The number of hydrogen-bond acceptors (Lipinski definition) is 1. The van der Waals surface area contributed by atoms with E-state index in [-0.39, 0.29) is 38.0 Å². The number of aliphatic hydroxyl groups excluding tert-OH is 1. The maximum Gasteiger partial charge on any atom is 3.00 e. The zero-order valence-electron chi connectivity index (χ0n) is 11.8. The quantitative estimate of drug-likeness (QED) is 0.598. The van der Waals surface area contributed by atoms with Crippen molar-refractivity contribution in [2.75, 3.05) is 0 Å². The van der Waals surface area contributed by atoms with E-state index in [1.807, 2.05) is 37.3 Å². The first kappa shape index (κ1) is 22.8. The van der Waals surface area contributed by atoms with Crippen LogP contribution in [0.15, 0.2) is 36.1 Å². The van der Waals surface area contributed by atoms with Gasteiger partial charge in [-0.2, -0.15) is 18.2 Å². The molecule has 2 aromatic rings. The Morgan fingerprint density at radius 3 is 1.83 bits per heavy atom. The van der Waals surface area contributed by atoms with Crippen molar-refractivity contribution < 1.29 is 22.2 Å². The third-order valence-corrected chi connectivity index (χ3v) is 4.09. The average Bonchev–Trinajstić information content (AvgIpc) is 2.81. The Bertz CT molecular complexity index is 360. The summed E-state index contributed by atoms with van der Waals surface area (Å²) in [6.45, 7) is 6.00. The van der Waals surface area contributed by atoms with Gasteiger partial charge in [-0.3, -0.25) is 0 Å². The molecule has 0 aliphatic rings. The maximum absolute atomic E-state index is 9.26. The number of aryl methyl sites for hydroxylation is 1. The SMILES string of the molecule is Cc1c[pH]c([C@@H](C)O)c1C.[CH3-].[CH3-].[Fe+3].c1cc[cH-]c1. The van der Waals surface area contributed by atoms with E-state index in [0.29, 0.717) is 8.19 Å². The summed E-state index contributed by atoms with van der Waals surface area (Å²) in [5, 5.41) is 10.5. The Balaban J connectivity index is -0.000000245. The first-order chi connectivity index (χ1) is 7.13. The van der Waals surface area contributed by atoms with E-state index in [4.69, 9.17) is 0 Å². The first-order valence-electron chi connectivity index (χ1n) is 5.12. The zero-order valence-corrected chi connectivity index (χ0v) is 13.9. The summed E-state index contributed by atoms with van der Waals surface area (Å²) in [4.78, 5) is 0. The molecule has 18 heavy (non-hydrogen) atoms. The average molecular weight is 307 g/mol. The third-order valence-electron chi connectivity index (χ3n) is 2.41. The molecule has 1 aromatic carbocycles. The van der Waals surface area contributed by atoms with Crippen molar-refractivity contribution in [3.63, 3.8) is 0 Å². The molecule has 2 rings (SSSR count). The molecular weight excluding hydrogens is 283 g/mol. The van der Waals surface area contributed by atoms with Crippen molar-refractivity contribution in [3.8, 4) is 0 Å². The summed E-state index contributed by atoms with van der Waals surface area (Å²) in [6.07, 6.45) is -0.257. The second-order valence-electron chi connectivity index (χ2n) is 3.65. The fourth-order valence-electron chi connectivity index (χ4n) is 1.37. The number of rotatable bonds is 1. The van der Waals surface area contributed by atoms with Gasteiger partial charge >= 0.3 is 17.1 Å². The van der Waals surface area contributed by atoms with Crippen LogP contribution >= 0.6 is 8.19 Å². The van der Waals surface area contributed by atoms with Crippen molar-refractivity contribution in [3.05, 3.63) is 67.4 Å². The van der Waals surface area contributed by atoms with Gasteiger partial charge in [0.2, 0.25) is 0 Å². The number of aliphatic hydroxyl groups is 1. The summed E-state index contributed by atoms with van der Waals surface area (Å²) < 4.78 is 0.